The number of aromatic hydroxyl groups is 1. The van der Waals surface area contributed by atoms with E-state index in [0.29, 0.717) is 16.9 Å². The Hall–Kier alpha value is -4.34. The number of aromatic nitrogens is 4. The monoisotopic (exact) mass is 474 g/mol. The molecule has 0 atom stereocenters. The standard InChI is InChI=1S/C25H26N6O4/c1-15-6-8-16(9-7-15)31-23(33)17(22(32)27-24(31)34)14-26-18-12-20-21(29(3)25(35)28(20)2)13-19(18)30-10-4-5-11-30/h6-9,12-14,33H,4-5,10-11H2,1-3H3,(H,27,32,34). The predicted molar refractivity (Wildman–Crippen MR) is 136 cm³/mol. The minimum Gasteiger partial charge on any atom is -0.493 e. The fourth-order valence-electron chi connectivity index (χ4n) is 4.56. The molecular weight excluding hydrogens is 448 g/mol. The Morgan fingerprint density at radius 2 is 1.60 bits per heavy atom. The Morgan fingerprint density at radius 1 is 0.971 bits per heavy atom. The van der Waals surface area contributed by atoms with Gasteiger partial charge in [-0.15, -0.1) is 0 Å². The van der Waals surface area contributed by atoms with Crippen LogP contribution >= 0.6 is 0 Å². The molecule has 2 N–H and O–H groups in total. The van der Waals surface area contributed by atoms with Crippen LogP contribution < -0.4 is 21.8 Å². The summed E-state index contributed by atoms with van der Waals surface area (Å²) in [6.07, 6.45) is 3.37. The van der Waals surface area contributed by atoms with Gasteiger partial charge in [-0.2, -0.15) is 0 Å². The predicted octanol–water partition coefficient (Wildman–Crippen LogP) is 2.08. The summed E-state index contributed by atoms with van der Waals surface area (Å²) in [6.45, 7) is 3.63. The molecule has 4 aromatic rings. The van der Waals surface area contributed by atoms with Crippen molar-refractivity contribution in [2.75, 3.05) is 18.0 Å². The Balaban J connectivity index is 1.67. The molecule has 0 spiro atoms. The van der Waals surface area contributed by atoms with Gasteiger partial charge >= 0.3 is 11.4 Å². The molecule has 180 valence electrons. The Labute approximate surface area is 200 Å². The zero-order chi connectivity index (χ0) is 24.9. The van der Waals surface area contributed by atoms with Crippen LogP contribution in [0.3, 0.4) is 0 Å². The maximum atomic E-state index is 12.6. The lowest BCUT2D eigenvalue weighted by molar-refractivity contribution is 0.430. The minimum absolute atomic E-state index is 0.139. The van der Waals surface area contributed by atoms with Crippen LogP contribution in [-0.2, 0) is 14.1 Å². The van der Waals surface area contributed by atoms with Crippen molar-refractivity contribution in [3.8, 4) is 11.6 Å². The first-order valence-corrected chi connectivity index (χ1v) is 11.4. The molecule has 3 heterocycles. The number of rotatable bonds is 4. The fraction of sp³-hybridized carbons (Fsp3) is 0.280. The molecule has 0 radical (unpaired) electrons. The lowest BCUT2D eigenvalue weighted by Gasteiger charge is -2.20. The number of imidazole rings is 1. The molecule has 35 heavy (non-hydrogen) atoms. The van der Waals surface area contributed by atoms with Gasteiger partial charge < -0.3 is 10.0 Å². The van der Waals surface area contributed by atoms with Crippen molar-refractivity contribution in [3.63, 3.8) is 0 Å². The van der Waals surface area contributed by atoms with E-state index in [1.807, 2.05) is 31.2 Å². The maximum Gasteiger partial charge on any atom is 0.335 e. The van der Waals surface area contributed by atoms with Crippen LogP contribution in [-0.4, -0.2) is 43.1 Å². The summed E-state index contributed by atoms with van der Waals surface area (Å²) in [7, 11) is 3.43. The fourth-order valence-corrected chi connectivity index (χ4v) is 4.56. The summed E-state index contributed by atoms with van der Waals surface area (Å²) in [4.78, 5) is 46.6. The number of aromatic amines is 1. The second-order valence-electron chi connectivity index (χ2n) is 8.85. The van der Waals surface area contributed by atoms with Crippen molar-refractivity contribution < 1.29 is 5.11 Å². The number of aryl methyl sites for hydroxylation is 3. The maximum absolute atomic E-state index is 12.6. The number of hydrogen-bond acceptors (Lipinski definition) is 6. The summed E-state index contributed by atoms with van der Waals surface area (Å²) in [6, 6.07) is 10.7. The van der Waals surface area contributed by atoms with Gasteiger partial charge in [0.25, 0.3) is 5.56 Å². The number of nitrogens with zero attached hydrogens (tertiary/aromatic N) is 5. The Morgan fingerprint density at radius 3 is 2.26 bits per heavy atom. The van der Waals surface area contributed by atoms with E-state index in [0.717, 1.165) is 47.3 Å². The van der Waals surface area contributed by atoms with Crippen LogP contribution in [0.4, 0.5) is 11.4 Å². The molecule has 1 fully saturated rings. The van der Waals surface area contributed by atoms with Crippen molar-refractivity contribution in [1.29, 1.82) is 0 Å². The summed E-state index contributed by atoms with van der Waals surface area (Å²) >= 11 is 0. The van der Waals surface area contributed by atoms with Crippen LogP contribution in [0, 0.1) is 6.92 Å². The van der Waals surface area contributed by atoms with E-state index in [9.17, 15) is 19.5 Å². The molecule has 2 aromatic carbocycles. The third kappa shape index (κ3) is 3.76. The largest absolute Gasteiger partial charge is 0.493 e. The smallest absolute Gasteiger partial charge is 0.335 e. The van der Waals surface area contributed by atoms with E-state index in [1.165, 1.54) is 6.21 Å². The summed E-state index contributed by atoms with van der Waals surface area (Å²) in [5.74, 6) is -0.498. The highest BCUT2D eigenvalue weighted by molar-refractivity contribution is 5.92. The number of aliphatic imine (C=N–C) groups is 1. The van der Waals surface area contributed by atoms with Gasteiger partial charge in [0.1, 0.15) is 5.56 Å². The van der Waals surface area contributed by atoms with Crippen molar-refractivity contribution in [2.24, 2.45) is 19.1 Å². The number of anilines is 1. The van der Waals surface area contributed by atoms with Gasteiger partial charge in [0.2, 0.25) is 5.88 Å². The highest BCUT2D eigenvalue weighted by Gasteiger charge is 2.20. The van der Waals surface area contributed by atoms with Gasteiger partial charge in [-0.05, 0) is 44.0 Å². The van der Waals surface area contributed by atoms with E-state index in [-0.39, 0.29) is 11.3 Å². The Bertz CT molecular complexity index is 1650. The summed E-state index contributed by atoms with van der Waals surface area (Å²) in [5.41, 5.74) is 2.54. The van der Waals surface area contributed by atoms with E-state index in [4.69, 9.17) is 0 Å². The number of nitrogens with one attached hydrogen (secondary N) is 1. The third-order valence-corrected chi connectivity index (χ3v) is 6.56. The molecule has 0 unspecified atom stereocenters. The zero-order valence-electron chi connectivity index (χ0n) is 19.8. The lowest BCUT2D eigenvalue weighted by atomic mass is 10.2. The number of H-pyrrole nitrogens is 1. The minimum atomic E-state index is -0.744. The molecule has 1 aliphatic rings. The molecule has 10 heteroatoms. The highest BCUT2D eigenvalue weighted by Crippen LogP contribution is 2.35. The average molecular weight is 475 g/mol. The van der Waals surface area contributed by atoms with Gasteiger partial charge in [-0.3, -0.25) is 23.9 Å². The van der Waals surface area contributed by atoms with Gasteiger partial charge in [0.15, 0.2) is 0 Å². The summed E-state index contributed by atoms with van der Waals surface area (Å²) in [5, 5.41) is 10.9. The molecule has 10 nitrogen and oxygen atoms in total. The van der Waals surface area contributed by atoms with E-state index in [2.05, 4.69) is 14.9 Å². The molecular formula is C25H26N6O4. The SMILES string of the molecule is Cc1ccc(-n2c(O)c(C=Nc3cc4c(cc3N3CCCC3)n(C)c(=O)n4C)c(=O)[nH]c2=O)cc1. The first-order valence-electron chi connectivity index (χ1n) is 11.4. The quantitative estimate of drug-likeness (QED) is 0.439. The number of hydrogen-bond donors (Lipinski definition) is 2. The van der Waals surface area contributed by atoms with Crippen molar-refractivity contribution in [2.45, 2.75) is 19.8 Å². The van der Waals surface area contributed by atoms with Crippen LogP contribution in [0.25, 0.3) is 16.7 Å². The van der Waals surface area contributed by atoms with Crippen molar-refractivity contribution in [3.05, 3.63) is 78.8 Å². The van der Waals surface area contributed by atoms with Crippen LogP contribution in [0.1, 0.15) is 24.0 Å². The van der Waals surface area contributed by atoms with Crippen LogP contribution in [0.15, 0.2) is 55.8 Å². The van der Waals surface area contributed by atoms with E-state index in [1.54, 1.807) is 35.4 Å². The average Bonchev–Trinajstić information content (AvgIpc) is 3.44. The topological polar surface area (TPSA) is 118 Å². The normalized spacial score (nSPS) is 14.0. The Kier molecular flexibility index (Phi) is 5.43. The van der Waals surface area contributed by atoms with Crippen molar-refractivity contribution in [1.82, 2.24) is 18.7 Å². The molecule has 0 bridgehead atoms. The third-order valence-electron chi connectivity index (χ3n) is 6.56. The molecule has 1 aliphatic heterocycles. The zero-order valence-corrected chi connectivity index (χ0v) is 19.8. The number of benzene rings is 2. The van der Waals surface area contributed by atoms with Crippen LogP contribution in [0.2, 0.25) is 0 Å². The highest BCUT2D eigenvalue weighted by atomic mass is 16.3. The van der Waals surface area contributed by atoms with E-state index >= 15 is 0 Å². The lowest BCUT2D eigenvalue weighted by Crippen LogP contribution is -2.31. The molecule has 0 amide bonds. The molecule has 0 saturated carbocycles. The van der Waals surface area contributed by atoms with Gasteiger partial charge in [0, 0.05) is 33.4 Å². The first kappa shape index (κ1) is 22.5. The molecule has 0 aliphatic carbocycles. The molecule has 2 aromatic heterocycles. The molecule has 5 rings (SSSR count). The first-order chi connectivity index (χ1) is 16.8. The second kappa shape index (κ2) is 8.46. The number of fused-ring (bicyclic) bond motifs is 1. The van der Waals surface area contributed by atoms with Gasteiger partial charge in [-0.1, -0.05) is 17.7 Å². The second-order valence-corrected chi connectivity index (χ2v) is 8.85. The van der Waals surface area contributed by atoms with E-state index < -0.39 is 17.1 Å². The summed E-state index contributed by atoms with van der Waals surface area (Å²) < 4.78 is 4.17. The van der Waals surface area contributed by atoms with Gasteiger partial charge in [0.05, 0.1) is 28.1 Å². The van der Waals surface area contributed by atoms with Crippen molar-refractivity contribution >= 4 is 28.6 Å². The molecule has 1 saturated heterocycles. The van der Waals surface area contributed by atoms with Crippen LogP contribution in [0.5, 0.6) is 5.88 Å². The van der Waals surface area contributed by atoms with Gasteiger partial charge in [-0.25, -0.2) is 14.2 Å².